The summed E-state index contributed by atoms with van der Waals surface area (Å²) in [6.07, 6.45) is 3.64. The molecule has 1 nitrogen and oxygen atoms in total. The van der Waals surface area contributed by atoms with Gasteiger partial charge >= 0.3 is 0 Å². The van der Waals surface area contributed by atoms with Crippen LogP contribution in [0.1, 0.15) is 19.3 Å². The summed E-state index contributed by atoms with van der Waals surface area (Å²) >= 11 is 3.19. The van der Waals surface area contributed by atoms with Crippen molar-refractivity contribution >= 4 is 26.7 Å². The van der Waals surface area contributed by atoms with Gasteiger partial charge in [-0.2, -0.15) is 0 Å². The third kappa shape index (κ3) is 1.32. The topological polar surface area (TPSA) is 17.1 Å². The highest BCUT2D eigenvalue weighted by atomic mass is 79.9. The van der Waals surface area contributed by atoms with E-state index in [1.165, 1.54) is 19.3 Å². The highest BCUT2D eigenvalue weighted by Crippen LogP contribution is 2.24. The second-order valence-corrected chi connectivity index (χ2v) is 5.06. The largest absolute Gasteiger partial charge is 0.258 e. The molecule has 8 heavy (non-hydrogen) atoms. The van der Waals surface area contributed by atoms with Crippen LogP contribution in [0, 0.1) is 0 Å². The number of rotatable bonds is 2. The summed E-state index contributed by atoms with van der Waals surface area (Å²) in [6, 6.07) is 0. The molecule has 0 amide bonds. The Morgan fingerprint density at radius 2 is 2.25 bits per heavy atom. The molecule has 0 aromatic rings. The summed E-state index contributed by atoms with van der Waals surface area (Å²) < 4.78 is 11.5. The highest BCUT2D eigenvalue weighted by Gasteiger charge is 2.22. The second-order valence-electron chi connectivity index (χ2n) is 2.04. The van der Waals surface area contributed by atoms with Crippen LogP contribution in [0.4, 0.5) is 0 Å². The molecule has 1 unspecified atom stereocenters. The molecule has 3 heteroatoms. The number of hydrogen-bond acceptors (Lipinski definition) is 1. The van der Waals surface area contributed by atoms with Gasteiger partial charge in [-0.25, -0.2) is 0 Å². The molecule has 0 saturated heterocycles. The molecule has 0 radical (unpaired) electrons. The van der Waals surface area contributed by atoms with Crippen molar-refractivity contribution < 1.29 is 4.21 Å². The SMILES string of the molecule is O=S(CBr)C1CCC1. The Morgan fingerprint density at radius 3 is 2.38 bits per heavy atom. The smallest absolute Gasteiger partial charge is 0.0793 e. The Morgan fingerprint density at radius 1 is 1.62 bits per heavy atom. The molecular formula is C5H9BrOS. The van der Waals surface area contributed by atoms with Crippen molar-refractivity contribution in [1.29, 1.82) is 0 Å². The van der Waals surface area contributed by atoms with E-state index >= 15 is 0 Å². The van der Waals surface area contributed by atoms with Crippen LogP contribution >= 0.6 is 15.9 Å². The summed E-state index contributed by atoms with van der Waals surface area (Å²) in [5.41, 5.74) is 0. The van der Waals surface area contributed by atoms with E-state index in [4.69, 9.17) is 0 Å². The lowest BCUT2D eigenvalue weighted by atomic mass is 10.0. The van der Waals surface area contributed by atoms with Gasteiger partial charge in [0.25, 0.3) is 0 Å². The van der Waals surface area contributed by atoms with Gasteiger partial charge in [-0.3, -0.25) is 4.21 Å². The van der Waals surface area contributed by atoms with E-state index in [9.17, 15) is 4.21 Å². The number of hydrogen-bond donors (Lipinski definition) is 0. The molecule has 0 aliphatic heterocycles. The molecule has 1 fully saturated rings. The number of halogens is 1. The first-order valence-electron chi connectivity index (χ1n) is 2.77. The van der Waals surface area contributed by atoms with E-state index in [1.54, 1.807) is 0 Å². The van der Waals surface area contributed by atoms with E-state index < -0.39 is 10.8 Å². The van der Waals surface area contributed by atoms with Crippen LogP contribution in [-0.2, 0) is 10.8 Å². The van der Waals surface area contributed by atoms with Crippen molar-refractivity contribution in [2.75, 3.05) is 4.66 Å². The molecule has 0 N–H and O–H groups in total. The Hall–Kier alpha value is 0.630. The lowest BCUT2D eigenvalue weighted by Gasteiger charge is -2.22. The highest BCUT2D eigenvalue weighted by molar-refractivity contribution is 9.10. The predicted molar refractivity (Wildman–Crippen MR) is 39.6 cm³/mol. The monoisotopic (exact) mass is 196 g/mol. The minimum Gasteiger partial charge on any atom is -0.258 e. The van der Waals surface area contributed by atoms with Gasteiger partial charge in [0.05, 0.1) is 4.66 Å². The quantitative estimate of drug-likeness (QED) is 0.615. The Bertz CT molecular complexity index is 101. The fourth-order valence-corrected chi connectivity index (χ4v) is 2.88. The molecule has 1 atom stereocenters. The van der Waals surface area contributed by atoms with Gasteiger partial charge in [-0.15, -0.1) is 0 Å². The van der Waals surface area contributed by atoms with Gasteiger partial charge in [0.15, 0.2) is 0 Å². The Kier molecular flexibility index (Phi) is 2.50. The first-order valence-corrected chi connectivity index (χ1v) is 5.28. The molecule has 0 aromatic carbocycles. The first-order chi connectivity index (χ1) is 3.84. The molecule has 1 rings (SSSR count). The molecule has 1 saturated carbocycles. The fraction of sp³-hybridized carbons (Fsp3) is 1.00. The van der Waals surface area contributed by atoms with E-state index in [0.717, 1.165) is 0 Å². The average molecular weight is 197 g/mol. The van der Waals surface area contributed by atoms with Gasteiger partial charge in [0, 0.05) is 16.0 Å². The summed E-state index contributed by atoms with van der Waals surface area (Å²) in [7, 11) is -0.568. The standard InChI is InChI=1S/C5H9BrOS/c6-4-8(7)5-2-1-3-5/h5H,1-4H2. The van der Waals surface area contributed by atoms with Crippen LogP contribution in [0.3, 0.4) is 0 Å². The zero-order valence-electron chi connectivity index (χ0n) is 4.60. The number of alkyl halides is 1. The van der Waals surface area contributed by atoms with Crippen molar-refractivity contribution in [2.24, 2.45) is 0 Å². The van der Waals surface area contributed by atoms with Crippen LogP contribution in [0.15, 0.2) is 0 Å². The predicted octanol–water partition coefficient (Wildman–Crippen LogP) is 1.64. The van der Waals surface area contributed by atoms with Crippen molar-refractivity contribution in [3.63, 3.8) is 0 Å². The molecular weight excluding hydrogens is 188 g/mol. The molecule has 1 aliphatic rings. The zero-order valence-corrected chi connectivity index (χ0v) is 7.00. The maximum atomic E-state index is 10.9. The van der Waals surface area contributed by atoms with Crippen LogP contribution in [-0.4, -0.2) is 14.1 Å². The summed E-state index contributed by atoms with van der Waals surface area (Å²) in [6.45, 7) is 0. The lowest BCUT2D eigenvalue weighted by Crippen LogP contribution is -2.23. The minimum absolute atomic E-state index is 0.523. The first kappa shape index (κ1) is 6.75. The molecule has 0 aromatic heterocycles. The van der Waals surface area contributed by atoms with Gasteiger partial charge < -0.3 is 0 Å². The molecule has 0 spiro atoms. The lowest BCUT2D eigenvalue weighted by molar-refractivity contribution is 0.506. The second kappa shape index (κ2) is 2.97. The molecule has 1 aliphatic carbocycles. The van der Waals surface area contributed by atoms with E-state index in [1.807, 2.05) is 0 Å². The minimum atomic E-state index is -0.568. The fourth-order valence-electron chi connectivity index (χ4n) is 0.723. The zero-order chi connectivity index (χ0) is 5.98. The van der Waals surface area contributed by atoms with E-state index in [0.29, 0.717) is 9.91 Å². The molecule has 0 heterocycles. The van der Waals surface area contributed by atoms with Crippen LogP contribution in [0.25, 0.3) is 0 Å². The van der Waals surface area contributed by atoms with E-state index in [2.05, 4.69) is 15.9 Å². The third-order valence-electron chi connectivity index (χ3n) is 1.53. The Balaban J connectivity index is 2.24. The van der Waals surface area contributed by atoms with Crippen LogP contribution < -0.4 is 0 Å². The van der Waals surface area contributed by atoms with Crippen molar-refractivity contribution in [2.45, 2.75) is 24.5 Å². The van der Waals surface area contributed by atoms with Gasteiger partial charge in [-0.1, -0.05) is 22.4 Å². The van der Waals surface area contributed by atoms with Gasteiger partial charge in [-0.05, 0) is 12.8 Å². The van der Waals surface area contributed by atoms with Crippen LogP contribution in [0.5, 0.6) is 0 Å². The summed E-state index contributed by atoms with van der Waals surface area (Å²) in [5.74, 6) is 0. The van der Waals surface area contributed by atoms with Gasteiger partial charge in [0.1, 0.15) is 0 Å². The molecule has 0 bridgehead atoms. The third-order valence-corrected chi connectivity index (χ3v) is 4.32. The average Bonchev–Trinajstić information content (AvgIpc) is 1.62. The normalized spacial score (nSPS) is 24.6. The van der Waals surface area contributed by atoms with Gasteiger partial charge in [0.2, 0.25) is 0 Å². The van der Waals surface area contributed by atoms with E-state index in [-0.39, 0.29) is 0 Å². The Labute approximate surface area is 60.4 Å². The molecule has 48 valence electrons. The van der Waals surface area contributed by atoms with Crippen molar-refractivity contribution in [1.82, 2.24) is 0 Å². The van der Waals surface area contributed by atoms with Crippen molar-refractivity contribution in [3.8, 4) is 0 Å². The maximum Gasteiger partial charge on any atom is 0.0793 e. The van der Waals surface area contributed by atoms with Crippen molar-refractivity contribution in [3.05, 3.63) is 0 Å². The summed E-state index contributed by atoms with van der Waals surface area (Å²) in [5, 5.41) is 0.523. The maximum absolute atomic E-state index is 10.9. The van der Waals surface area contributed by atoms with Crippen LogP contribution in [0.2, 0.25) is 0 Å². The summed E-state index contributed by atoms with van der Waals surface area (Å²) in [4.78, 5) is 0.